The minimum Gasteiger partial charge on any atom is -0.405 e. The maximum absolute atomic E-state index is 12.3. The Morgan fingerprint density at radius 2 is 1.94 bits per heavy atom. The Morgan fingerprint density at radius 1 is 1.22 bits per heavy atom. The molecule has 0 radical (unpaired) electrons. The van der Waals surface area contributed by atoms with E-state index in [9.17, 15) is 18.3 Å². The first-order valence-corrected chi connectivity index (χ1v) is 5.69. The quantitative estimate of drug-likeness (QED) is 0.879. The summed E-state index contributed by atoms with van der Waals surface area (Å²) in [5.41, 5.74) is 1.10. The van der Waals surface area contributed by atoms with E-state index >= 15 is 0 Å². The molecule has 1 N–H and O–H groups in total. The van der Waals surface area contributed by atoms with Crippen LogP contribution in [0.2, 0.25) is 0 Å². The molecule has 0 saturated carbocycles. The van der Waals surface area contributed by atoms with Gasteiger partial charge in [0.2, 0.25) is 0 Å². The molecule has 2 rings (SSSR count). The molecule has 0 saturated heterocycles. The molecule has 0 fully saturated rings. The van der Waals surface area contributed by atoms with Crippen LogP contribution in [0.5, 0.6) is 5.75 Å². The minimum atomic E-state index is -4.70. The van der Waals surface area contributed by atoms with Gasteiger partial charge in [0.25, 0.3) is 0 Å². The number of allylic oxidation sites excluding steroid dienone is 1. The molecule has 98 valence electrons. The van der Waals surface area contributed by atoms with Crippen LogP contribution in [0.1, 0.15) is 24.8 Å². The van der Waals surface area contributed by atoms with E-state index in [1.165, 1.54) is 12.1 Å². The van der Waals surface area contributed by atoms with E-state index < -0.39 is 12.5 Å². The number of hydrogen-bond donors (Lipinski definition) is 1. The van der Waals surface area contributed by atoms with Crippen LogP contribution in [-0.2, 0) is 0 Å². The summed E-state index contributed by atoms with van der Waals surface area (Å²) in [5.74, 6) is -0.217. The van der Waals surface area contributed by atoms with Crippen LogP contribution in [-0.4, -0.2) is 17.6 Å². The van der Waals surface area contributed by atoms with Crippen molar-refractivity contribution in [3.8, 4) is 5.75 Å². The number of aliphatic hydroxyl groups excluding tert-OH is 1. The summed E-state index contributed by atoms with van der Waals surface area (Å²) in [5, 5.41) is 9.52. The Hall–Kier alpha value is -1.49. The van der Waals surface area contributed by atoms with Gasteiger partial charge in [0.15, 0.2) is 0 Å². The molecular formula is C13H13F3O2. The molecule has 1 aliphatic carbocycles. The van der Waals surface area contributed by atoms with E-state index in [2.05, 4.69) is 4.74 Å². The zero-order valence-corrected chi connectivity index (χ0v) is 9.57. The van der Waals surface area contributed by atoms with Crippen molar-refractivity contribution in [3.05, 3.63) is 35.9 Å². The third-order valence-electron chi connectivity index (χ3n) is 2.80. The van der Waals surface area contributed by atoms with Crippen LogP contribution in [0.15, 0.2) is 30.3 Å². The zero-order valence-electron chi connectivity index (χ0n) is 9.57. The fourth-order valence-corrected chi connectivity index (χ4v) is 2.07. The number of benzene rings is 1. The maximum atomic E-state index is 12.3. The molecule has 2 nitrogen and oxygen atoms in total. The second-order valence-electron chi connectivity index (χ2n) is 4.20. The summed E-state index contributed by atoms with van der Waals surface area (Å²) in [6.45, 7) is 0. The fourth-order valence-electron chi connectivity index (χ4n) is 2.07. The number of para-hydroxylation sites is 1. The zero-order chi connectivity index (χ0) is 13.2. The number of hydrogen-bond acceptors (Lipinski definition) is 2. The lowest BCUT2D eigenvalue weighted by atomic mass is 9.92. The molecule has 18 heavy (non-hydrogen) atoms. The largest absolute Gasteiger partial charge is 0.573 e. The van der Waals surface area contributed by atoms with E-state index in [0.717, 1.165) is 6.42 Å². The molecule has 0 heterocycles. The highest BCUT2D eigenvalue weighted by atomic mass is 19.4. The molecular weight excluding hydrogens is 245 g/mol. The van der Waals surface area contributed by atoms with Crippen molar-refractivity contribution in [1.82, 2.24) is 0 Å². The van der Waals surface area contributed by atoms with E-state index in [1.807, 2.05) is 0 Å². The Labute approximate surface area is 103 Å². The van der Waals surface area contributed by atoms with E-state index in [0.29, 0.717) is 24.0 Å². The number of alkyl halides is 3. The predicted octanol–water partition coefficient (Wildman–Crippen LogP) is 3.51. The molecule has 0 aromatic heterocycles. The first-order valence-electron chi connectivity index (χ1n) is 5.69. The smallest absolute Gasteiger partial charge is 0.405 e. The van der Waals surface area contributed by atoms with Gasteiger partial charge >= 0.3 is 6.36 Å². The van der Waals surface area contributed by atoms with Crippen LogP contribution >= 0.6 is 0 Å². The molecule has 5 heteroatoms. The lowest BCUT2D eigenvalue weighted by Crippen LogP contribution is -2.18. The summed E-state index contributed by atoms with van der Waals surface area (Å²) >= 11 is 0. The number of ether oxygens (including phenoxy) is 1. The highest BCUT2D eigenvalue weighted by Gasteiger charge is 2.32. The number of halogens is 3. The van der Waals surface area contributed by atoms with Crippen molar-refractivity contribution in [1.29, 1.82) is 0 Å². The summed E-state index contributed by atoms with van der Waals surface area (Å²) in [7, 11) is 0. The molecule has 1 atom stereocenters. The fraction of sp³-hybridized carbons (Fsp3) is 0.385. The molecule has 0 amide bonds. The second-order valence-corrected chi connectivity index (χ2v) is 4.20. The van der Waals surface area contributed by atoms with Crippen LogP contribution in [0, 0.1) is 0 Å². The lowest BCUT2D eigenvalue weighted by molar-refractivity contribution is -0.274. The van der Waals surface area contributed by atoms with Gasteiger partial charge in [-0.25, -0.2) is 0 Å². The van der Waals surface area contributed by atoms with Crippen LogP contribution < -0.4 is 4.74 Å². The van der Waals surface area contributed by atoms with Gasteiger partial charge in [-0.3, -0.25) is 0 Å². The predicted molar refractivity (Wildman–Crippen MR) is 61.0 cm³/mol. The standard InChI is InChI=1S/C13H13F3O2/c14-13(15,16)18-12-7-2-1-6-11(12)9-4-3-5-10(17)8-9/h1-2,6-8,10,17H,3-5H2. The van der Waals surface area contributed by atoms with Crippen molar-refractivity contribution in [2.45, 2.75) is 31.7 Å². The van der Waals surface area contributed by atoms with E-state index in [-0.39, 0.29) is 5.75 Å². The van der Waals surface area contributed by atoms with Gasteiger partial charge in [0.05, 0.1) is 6.10 Å². The summed E-state index contributed by atoms with van der Waals surface area (Å²) in [6, 6.07) is 6.00. The van der Waals surface area contributed by atoms with Gasteiger partial charge in [0.1, 0.15) is 5.75 Å². The summed E-state index contributed by atoms with van der Waals surface area (Å²) < 4.78 is 40.8. The van der Waals surface area contributed by atoms with Crippen molar-refractivity contribution in [2.24, 2.45) is 0 Å². The molecule has 1 aromatic carbocycles. The van der Waals surface area contributed by atoms with Crippen LogP contribution in [0.25, 0.3) is 5.57 Å². The lowest BCUT2D eigenvalue weighted by Gasteiger charge is -2.20. The van der Waals surface area contributed by atoms with Gasteiger partial charge in [-0.2, -0.15) is 0 Å². The van der Waals surface area contributed by atoms with Crippen molar-refractivity contribution in [3.63, 3.8) is 0 Å². The molecule has 0 spiro atoms. The molecule has 0 bridgehead atoms. The number of aliphatic hydroxyl groups is 1. The van der Waals surface area contributed by atoms with Gasteiger partial charge in [-0.05, 0) is 30.9 Å². The van der Waals surface area contributed by atoms with Crippen molar-refractivity contribution >= 4 is 5.57 Å². The third-order valence-corrected chi connectivity index (χ3v) is 2.80. The first kappa shape index (κ1) is 13.0. The summed E-state index contributed by atoms with van der Waals surface area (Å²) in [4.78, 5) is 0. The Kier molecular flexibility index (Phi) is 3.61. The monoisotopic (exact) mass is 258 g/mol. The number of rotatable bonds is 2. The van der Waals surface area contributed by atoms with Gasteiger partial charge in [0, 0.05) is 5.56 Å². The highest BCUT2D eigenvalue weighted by Crippen LogP contribution is 2.35. The van der Waals surface area contributed by atoms with Crippen molar-refractivity contribution in [2.75, 3.05) is 0 Å². The van der Waals surface area contributed by atoms with Crippen LogP contribution in [0.4, 0.5) is 13.2 Å². The molecule has 0 aliphatic heterocycles. The summed E-state index contributed by atoms with van der Waals surface area (Å²) in [6.07, 6.45) is -1.65. The SMILES string of the molecule is OC1C=C(c2ccccc2OC(F)(F)F)CCC1. The highest BCUT2D eigenvalue weighted by molar-refractivity contribution is 5.71. The topological polar surface area (TPSA) is 29.5 Å². The third kappa shape index (κ3) is 3.26. The normalized spacial score (nSPS) is 20.4. The second kappa shape index (κ2) is 5.02. The van der Waals surface area contributed by atoms with Gasteiger partial charge < -0.3 is 9.84 Å². The molecule has 1 aromatic rings. The Bertz CT molecular complexity index is 452. The Balaban J connectivity index is 2.33. The van der Waals surface area contributed by atoms with E-state index in [1.54, 1.807) is 18.2 Å². The average molecular weight is 258 g/mol. The Morgan fingerprint density at radius 3 is 2.61 bits per heavy atom. The van der Waals surface area contributed by atoms with Crippen LogP contribution in [0.3, 0.4) is 0 Å². The van der Waals surface area contributed by atoms with Gasteiger partial charge in [-0.1, -0.05) is 24.3 Å². The first-order chi connectivity index (χ1) is 8.46. The van der Waals surface area contributed by atoms with E-state index in [4.69, 9.17) is 0 Å². The van der Waals surface area contributed by atoms with Crippen molar-refractivity contribution < 1.29 is 23.0 Å². The maximum Gasteiger partial charge on any atom is 0.573 e. The van der Waals surface area contributed by atoms with Gasteiger partial charge in [-0.15, -0.1) is 13.2 Å². The molecule has 1 aliphatic rings. The minimum absolute atomic E-state index is 0.217. The molecule has 1 unspecified atom stereocenters. The average Bonchev–Trinajstić information content (AvgIpc) is 2.27.